The second kappa shape index (κ2) is 6.98. The molecule has 2 aromatic rings. The van der Waals surface area contributed by atoms with Crippen LogP contribution in [0.3, 0.4) is 0 Å². The number of nitrogens with zero attached hydrogens (tertiary/aromatic N) is 2. The molecule has 27 heavy (non-hydrogen) atoms. The number of anilines is 1. The number of carbonyl (C=O) groups is 1. The van der Waals surface area contributed by atoms with Crippen LogP contribution < -0.4 is 9.64 Å². The molecule has 2 heterocycles. The highest BCUT2D eigenvalue weighted by molar-refractivity contribution is 7.91. The predicted octanol–water partition coefficient (Wildman–Crippen LogP) is 1.71. The largest absolute Gasteiger partial charge is 0.497 e. The summed E-state index contributed by atoms with van der Waals surface area (Å²) in [7, 11) is -1.63. The van der Waals surface area contributed by atoms with Crippen molar-refractivity contribution in [1.29, 1.82) is 0 Å². The van der Waals surface area contributed by atoms with Gasteiger partial charge in [-0.25, -0.2) is 8.42 Å². The molecule has 4 rings (SSSR count). The van der Waals surface area contributed by atoms with Crippen LogP contribution in [-0.2, 0) is 21.2 Å². The van der Waals surface area contributed by atoms with Gasteiger partial charge in [0.2, 0.25) is 5.91 Å². The third-order valence-corrected chi connectivity index (χ3v) is 6.96. The molecule has 2 aliphatic rings. The van der Waals surface area contributed by atoms with Gasteiger partial charge in [0.1, 0.15) is 5.75 Å². The first-order chi connectivity index (χ1) is 13.0. The highest BCUT2D eigenvalue weighted by atomic mass is 32.2. The van der Waals surface area contributed by atoms with Gasteiger partial charge in [-0.05, 0) is 17.7 Å². The van der Waals surface area contributed by atoms with Crippen LogP contribution in [0.15, 0.2) is 54.6 Å². The third-order valence-electron chi connectivity index (χ3n) is 5.26. The van der Waals surface area contributed by atoms with Crippen LogP contribution in [0.4, 0.5) is 5.69 Å². The molecule has 0 radical (unpaired) electrons. The summed E-state index contributed by atoms with van der Waals surface area (Å²) in [4.78, 5) is 16.7. The maximum absolute atomic E-state index is 13.0. The number of benzene rings is 2. The van der Waals surface area contributed by atoms with Crippen molar-refractivity contribution in [2.45, 2.75) is 18.6 Å². The van der Waals surface area contributed by atoms with Gasteiger partial charge >= 0.3 is 0 Å². The molecule has 0 N–H and O–H groups in total. The number of ether oxygens (including phenoxy) is 1. The molecule has 2 aromatic carbocycles. The highest BCUT2D eigenvalue weighted by Crippen LogP contribution is 2.33. The summed E-state index contributed by atoms with van der Waals surface area (Å²) in [5.41, 5.74) is 1.76. The van der Waals surface area contributed by atoms with Crippen molar-refractivity contribution in [3.8, 4) is 5.75 Å². The lowest BCUT2D eigenvalue weighted by atomic mass is 10.0. The molecule has 0 spiro atoms. The maximum Gasteiger partial charge on any atom is 0.241 e. The average Bonchev–Trinajstić information content (AvgIpc) is 2.98. The molecule has 6 nitrogen and oxygen atoms in total. The Morgan fingerprint density at radius 3 is 2.52 bits per heavy atom. The molecule has 0 unspecified atom stereocenters. The number of rotatable bonds is 4. The van der Waals surface area contributed by atoms with Gasteiger partial charge in [0.25, 0.3) is 0 Å². The van der Waals surface area contributed by atoms with Crippen molar-refractivity contribution in [1.82, 2.24) is 4.90 Å². The van der Waals surface area contributed by atoms with Crippen molar-refractivity contribution in [2.75, 3.05) is 30.1 Å². The van der Waals surface area contributed by atoms with Crippen molar-refractivity contribution in [3.05, 3.63) is 60.2 Å². The number of sulfone groups is 1. The van der Waals surface area contributed by atoms with E-state index in [0.29, 0.717) is 18.0 Å². The van der Waals surface area contributed by atoms with Crippen LogP contribution in [0, 0.1) is 0 Å². The molecular weight excluding hydrogens is 364 g/mol. The zero-order valence-electron chi connectivity index (χ0n) is 15.1. The summed E-state index contributed by atoms with van der Waals surface area (Å²) in [6, 6.07) is 16.5. The Balaban J connectivity index is 1.67. The molecule has 0 saturated carbocycles. The van der Waals surface area contributed by atoms with Crippen LogP contribution in [0.2, 0.25) is 0 Å². The van der Waals surface area contributed by atoms with E-state index in [1.165, 1.54) is 0 Å². The van der Waals surface area contributed by atoms with Crippen LogP contribution >= 0.6 is 0 Å². The van der Waals surface area contributed by atoms with E-state index in [1.54, 1.807) is 18.1 Å². The number of carbonyl (C=O) groups excluding carboxylic acids is 1. The van der Waals surface area contributed by atoms with E-state index < -0.39 is 9.84 Å². The molecule has 2 saturated heterocycles. The van der Waals surface area contributed by atoms with Crippen molar-refractivity contribution >= 4 is 21.4 Å². The van der Waals surface area contributed by atoms with Gasteiger partial charge < -0.3 is 9.64 Å². The lowest BCUT2D eigenvalue weighted by Gasteiger charge is -2.43. The third kappa shape index (κ3) is 3.57. The lowest BCUT2D eigenvalue weighted by molar-refractivity contribution is -0.123. The fraction of sp³-hybridized carbons (Fsp3) is 0.350. The first-order valence-electron chi connectivity index (χ1n) is 8.91. The van der Waals surface area contributed by atoms with Gasteiger partial charge in [0, 0.05) is 24.3 Å². The summed E-state index contributed by atoms with van der Waals surface area (Å²) in [6.45, 7) is 0.762. The Labute approximate surface area is 159 Å². The second-order valence-corrected chi connectivity index (χ2v) is 9.22. The quantitative estimate of drug-likeness (QED) is 0.800. The van der Waals surface area contributed by atoms with Gasteiger partial charge in [-0.1, -0.05) is 36.4 Å². The molecule has 2 atom stereocenters. The fourth-order valence-electron chi connectivity index (χ4n) is 4.04. The van der Waals surface area contributed by atoms with Gasteiger partial charge in [-0.3, -0.25) is 9.69 Å². The molecule has 142 valence electrons. The molecule has 0 aliphatic carbocycles. The molecule has 2 fully saturated rings. The minimum absolute atomic E-state index is 0.00803. The number of methoxy groups -OCH3 is 1. The Bertz CT molecular complexity index is 945. The second-order valence-electron chi connectivity index (χ2n) is 7.07. The van der Waals surface area contributed by atoms with E-state index in [-0.39, 0.29) is 36.0 Å². The van der Waals surface area contributed by atoms with E-state index >= 15 is 0 Å². The SMILES string of the molecule is COc1cccc(N2C(=O)CN(Cc3ccccc3)[C@@H]3CS(=O)(=O)C[C@H]32)c1. The monoisotopic (exact) mass is 386 g/mol. The number of fused-ring (bicyclic) bond motifs is 1. The maximum atomic E-state index is 13.0. The molecular formula is C20H22N2O4S. The first kappa shape index (κ1) is 18.0. The Hall–Kier alpha value is -2.38. The van der Waals surface area contributed by atoms with Gasteiger partial charge in [-0.15, -0.1) is 0 Å². The summed E-state index contributed by atoms with van der Waals surface area (Å²) in [5.74, 6) is 0.631. The standard InChI is InChI=1S/C20H22N2O4S/c1-26-17-9-5-8-16(10-17)22-19-14-27(24,25)13-18(19)21(12-20(22)23)11-15-6-3-2-4-7-15/h2-10,18-19H,11-14H2,1H3/t18-,19-/m1/s1. The topological polar surface area (TPSA) is 66.9 Å². The molecule has 1 amide bonds. The smallest absolute Gasteiger partial charge is 0.241 e. The number of hydrogen-bond donors (Lipinski definition) is 0. The Morgan fingerprint density at radius 2 is 1.78 bits per heavy atom. The molecule has 7 heteroatoms. The predicted molar refractivity (Wildman–Crippen MR) is 104 cm³/mol. The van der Waals surface area contributed by atoms with E-state index in [1.807, 2.05) is 53.4 Å². The van der Waals surface area contributed by atoms with Crippen LogP contribution in [0.25, 0.3) is 0 Å². The van der Waals surface area contributed by atoms with Crippen molar-refractivity contribution in [3.63, 3.8) is 0 Å². The van der Waals surface area contributed by atoms with Gasteiger partial charge in [0.05, 0.1) is 31.2 Å². The Kier molecular flexibility index (Phi) is 4.65. The zero-order valence-corrected chi connectivity index (χ0v) is 15.9. The number of amides is 1. The molecule has 0 aromatic heterocycles. The Morgan fingerprint density at radius 1 is 1.04 bits per heavy atom. The number of hydrogen-bond acceptors (Lipinski definition) is 5. The fourth-order valence-corrected chi connectivity index (χ4v) is 6.03. The van der Waals surface area contributed by atoms with E-state index in [0.717, 1.165) is 5.56 Å². The highest BCUT2D eigenvalue weighted by Gasteiger charge is 2.49. The summed E-state index contributed by atoms with van der Waals surface area (Å²) < 4.78 is 30.1. The zero-order chi connectivity index (χ0) is 19.0. The van der Waals surface area contributed by atoms with Crippen molar-refractivity contribution < 1.29 is 17.9 Å². The summed E-state index contributed by atoms with van der Waals surface area (Å²) in [5, 5.41) is 0. The van der Waals surface area contributed by atoms with Crippen molar-refractivity contribution in [2.24, 2.45) is 0 Å². The van der Waals surface area contributed by atoms with Crippen LogP contribution in [0.5, 0.6) is 5.75 Å². The molecule has 2 aliphatic heterocycles. The van der Waals surface area contributed by atoms with E-state index in [4.69, 9.17) is 4.74 Å². The van der Waals surface area contributed by atoms with Gasteiger partial charge in [0.15, 0.2) is 9.84 Å². The minimum atomic E-state index is -3.20. The average molecular weight is 386 g/mol. The van der Waals surface area contributed by atoms with Gasteiger partial charge in [-0.2, -0.15) is 0 Å². The van der Waals surface area contributed by atoms with E-state index in [9.17, 15) is 13.2 Å². The van der Waals surface area contributed by atoms with Crippen LogP contribution in [0.1, 0.15) is 5.56 Å². The summed E-state index contributed by atoms with van der Waals surface area (Å²) in [6.07, 6.45) is 0. The molecule has 0 bridgehead atoms. The first-order valence-corrected chi connectivity index (χ1v) is 10.7. The van der Waals surface area contributed by atoms with Crippen LogP contribution in [-0.4, -0.2) is 56.5 Å². The minimum Gasteiger partial charge on any atom is -0.497 e. The number of piperazine rings is 1. The van der Waals surface area contributed by atoms with E-state index in [2.05, 4.69) is 0 Å². The summed E-state index contributed by atoms with van der Waals surface area (Å²) >= 11 is 0. The normalized spacial score (nSPS) is 24.6. The lowest BCUT2D eigenvalue weighted by Crippen LogP contribution is -2.61.